The Morgan fingerprint density at radius 1 is 1.22 bits per heavy atom. The molecule has 1 amide bonds. The summed E-state index contributed by atoms with van der Waals surface area (Å²) in [6.45, 7) is 3.39. The molecule has 0 aliphatic heterocycles. The number of H-pyrrole nitrogens is 1. The predicted molar refractivity (Wildman–Crippen MR) is 109 cm³/mol. The summed E-state index contributed by atoms with van der Waals surface area (Å²) < 4.78 is 0. The first-order valence-electron chi connectivity index (χ1n) is 8.49. The molecule has 0 aliphatic rings. The van der Waals surface area contributed by atoms with Crippen LogP contribution in [-0.4, -0.2) is 15.9 Å². The molecular formula is C20H19ClN4O2. The van der Waals surface area contributed by atoms with Gasteiger partial charge in [0.05, 0.1) is 5.69 Å². The lowest BCUT2D eigenvalue weighted by Gasteiger charge is -2.14. The number of halogens is 1. The fourth-order valence-electron chi connectivity index (χ4n) is 2.74. The van der Waals surface area contributed by atoms with Crippen LogP contribution in [0.1, 0.15) is 19.5 Å². The number of aryl methyl sites for hydroxylation is 1. The molecule has 1 aromatic carbocycles. The summed E-state index contributed by atoms with van der Waals surface area (Å²) in [6.07, 6.45) is 2.25. The Bertz CT molecular complexity index is 1050. The fourth-order valence-corrected chi connectivity index (χ4v) is 2.93. The van der Waals surface area contributed by atoms with Crippen LogP contribution in [0, 0.1) is 0 Å². The van der Waals surface area contributed by atoms with E-state index in [0.717, 1.165) is 22.6 Å². The van der Waals surface area contributed by atoms with Crippen LogP contribution in [0.4, 0.5) is 17.2 Å². The standard InChI is InChI=1S/C20H19ClN4O2/c1-3-17-18(24-15-7-8-22-19(10-15)23-12(2)26)11-16(20(27)25-17)13-5-4-6-14(21)9-13/h4-11H,3H2,1-2H3,(H,25,27)(H2,22,23,24,26). The van der Waals surface area contributed by atoms with E-state index < -0.39 is 0 Å². The molecule has 0 saturated heterocycles. The second-order valence-corrected chi connectivity index (χ2v) is 6.44. The number of benzene rings is 1. The summed E-state index contributed by atoms with van der Waals surface area (Å²) in [5, 5.41) is 6.51. The van der Waals surface area contributed by atoms with Crippen molar-refractivity contribution in [2.75, 3.05) is 10.6 Å². The van der Waals surface area contributed by atoms with Gasteiger partial charge in [-0.15, -0.1) is 0 Å². The zero-order valence-electron chi connectivity index (χ0n) is 15.0. The van der Waals surface area contributed by atoms with Gasteiger partial charge in [0.2, 0.25) is 5.91 Å². The zero-order chi connectivity index (χ0) is 19.4. The molecular weight excluding hydrogens is 364 g/mol. The first-order valence-corrected chi connectivity index (χ1v) is 8.87. The van der Waals surface area contributed by atoms with Gasteiger partial charge in [0.25, 0.3) is 5.56 Å². The quantitative estimate of drug-likeness (QED) is 0.612. The number of nitrogens with one attached hydrogen (secondary N) is 3. The number of carbonyl (C=O) groups excluding carboxylic acids is 1. The smallest absolute Gasteiger partial charge is 0.256 e. The van der Waals surface area contributed by atoms with E-state index in [2.05, 4.69) is 20.6 Å². The highest BCUT2D eigenvalue weighted by Crippen LogP contribution is 2.26. The first kappa shape index (κ1) is 18.7. The molecule has 2 aromatic heterocycles. The summed E-state index contributed by atoms with van der Waals surface area (Å²) in [4.78, 5) is 30.8. The van der Waals surface area contributed by atoms with Gasteiger partial charge in [-0.25, -0.2) is 4.98 Å². The Morgan fingerprint density at radius 3 is 2.74 bits per heavy atom. The number of hydrogen-bond acceptors (Lipinski definition) is 4. The van der Waals surface area contributed by atoms with E-state index in [9.17, 15) is 9.59 Å². The minimum Gasteiger partial charge on any atom is -0.354 e. The lowest BCUT2D eigenvalue weighted by atomic mass is 10.1. The highest BCUT2D eigenvalue weighted by molar-refractivity contribution is 6.30. The van der Waals surface area contributed by atoms with Crippen molar-refractivity contribution >= 4 is 34.7 Å². The van der Waals surface area contributed by atoms with Crippen molar-refractivity contribution < 1.29 is 4.79 Å². The van der Waals surface area contributed by atoms with E-state index in [4.69, 9.17) is 11.6 Å². The Kier molecular flexibility index (Phi) is 5.57. The fraction of sp³-hybridized carbons (Fsp3) is 0.150. The van der Waals surface area contributed by atoms with Crippen LogP contribution in [0.2, 0.25) is 5.02 Å². The van der Waals surface area contributed by atoms with Crippen molar-refractivity contribution in [3.05, 3.63) is 69.7 Å². The molecule has 0 aliphatic carbocycles. The van der Waals surface area contributed by atoms with Gasteiger partial charge in [0, 0.05) is 41.2 Å². The zero-order valence-corrected chi connectivity index (χ0v) is 15.7. The van der Waals surface area contributed by atoms with Crippen LogP contribution in [0.15, 0.2) is 53.5 Å². The number of amides is 1. The summed E-state index contributed by atoms with van der Waals surface area (Å²) in [6, 6.07) is 12.5. The Balaban J connectivity index is 2.01. The van der Waals surface area contributed by atoms with Crippen LogP contribution in [0.3, 0.4) is 0 Å². The van der Waals surface area contributed by atoms with E-state index >= 15 is 0 Å². The van der Waals surface area contributed by atoms with Crippen LogP contribution in [-0.2, 0) is 11.2 Å². The molecule has 2 heterocycles. The molecule has 0 bridgehead atoms. The van der Waals surface area contributed by atoms with E-state index in [0.29, 0.717) is 22.8 Å². The van der Waals surface area contributed by atoms with Crippen LogP contribution >= 0.6 is 11.6 Å². The largest absolute Gasteiger partial charge is 0.354 e. The highest BCUT2D eigenvalue weighted by Gasteiger charge is 2.11. The minimum absolute atomic E-state index is 0.173. The molecule has 3 N–H and O–H groups in total. The van der Waals surface area contributed by atoms with Crippen LogP contribution in [0.5, 0.6) is 0 Å². The van der Waals surface area contributed by atoms with Gasteiger partial charge in [0.1, 0.15) is 5.82 Å². The van der Waals surface area contributed by atoms with Gasteiger partial charge in [-0.05, 0) is 36.2 Å². The second-order valence-electron chi connectivity index (χ2n) is 6.00. The Hall–Kier alpha value is -3.12. The summed E-state index contributed by atoms with van der Waals surface area (Å²) in [5.74, 6) is 0.256. The molecule has 0 unspecified atom stereocenters. The van der Waals surface area contributed by atoms with E-state index in [1.165, 1.54) is 6.92 Å². The van der Waals surface area contributed by atoms with Crippen molar-refractivity contribution in [2.24, 2.45) is 0 Å². The normalized spacial score (nSPS) is 10.5. The lowest BCUT2D eigenvalue weighted by Crippen LogP contribution is -2.13. The minimum atomic E-state index is -0.193. The Morgan fingerprint density at radius 2 is 2.04 bits per heavy atom. The number of nitrogens with zero attached hydrogens (tertiary/aromatic N) is 1. The highest BCUT2D eigenvalue weighted by atomic mass is 35.5. The first-order chi connectivity index (χ1) is 13.0. The van der Waals surface area contributed by atoms with Crippen molar-refractivity contribution in [1.82, 2.24) is 9.97 Å². The third kappa shape index (κ3) is 4.54. The molecule has 6 nitrogen and oxygen atoms in total. The monoisotopic (exact) mass is 382 g/mol. The van der Waals surface area contributed by atoms with Crippen molar-refractivity contribution in [1.29, 1.82) is 0 Å². The molecule has 138 valence electrons. The molecule has 0 spiro atoms. The number of pyridine rings is 2. The summed E-state index contributed by atoms with van der Waals surface area (Å²) in [7, 11) is 0. The molecule has 0 saturated carbocycles. The van der Waals surface area contributed by atoms with E-state index in [-0.39, 0.29) is 11.5 Å². The van der Waals surface area contributed by atoms with E-state index in [1.807, 2.05) is 19.1 Å². The molecule has 27 heavy (non-hydrogen) atoms. The maximum Gasteiger partial charge on any atom is 0.256 e. The summed E-state index contributed by atoms with van der Waals surface area (Å²) >= 11 is 6.06. The third-order valence-corrected chi connectivity index (χ3v) is 4.19. The molecule has 7 heteroatoms. The molecule has 0 atom stereocenters. The van der Waals surface area contributed by atoms with Gasteiger partial charge in [-0.2, -0.15) is 0 Å². The van der Waals surface area contributed by atoms with E-state index in [1.54, 1.807) is 36.5 Å². The number of hydrogen-bond donors (Lipinski definition) is 3. The Labute approximate surface area is 161 Å². The van der Waals surface area contributed by atoms with Gasteiger partial charge < -0.3 is 15.6 Å². The van der Waals surface area contributed by atoms with Gasteiger partial charge in [-0.1, -0.05) is 30.7 Å². The molecule has 0 radical (unpaired) electrons. The average molecular weight is 383 g/mol. The number of anilines is 3. The maximum absolute atomic E-state index is 12.5. The van der Waals surface area contributed by atoms with Gasteiger partial charge in [0.15, 0.2) is 0 Å². The number of carbonyl (C=O) groups is 1. The van der Waals surface area contributed by atoms with Gasteiger partial charge >= 0.3 is 0 Å². The molecule has 3 aromatic rings. The topological polar surface area (TPSA) is 86.9 Å². The van der Waals surface area contributed by atoms with Crippen molar-refractivity contribution in [3.8, 4) is 11.1 Å². The second kappa shape index (κ2) is 8.05. The van der Waals surface area contributed by atoms with Crippen molar-refractivity contribution in [3.63, 3.8) is 0 Å². The van der Waals surface area contributed by atoms with Crippen LogP contribution < -0.4 is 16.2 Å². The molecule has 3 rings (SSSR count). The number of aromatic nitrogens is 2. The third-order valence-electron chi connectivity index (χ3n) is 3.96. The SMILES string of the molecule is CCc1[nH]c(=O)c(-c2cccc(Cl)c2)cc1Nc1ccnc(NC(C)=O)c1. The predicted octanol–water partition coefficient (Wildman–Crippen LogP) is 4.35. The number of rotatable bonds is 5. The summed E-state index contributed by atoms with van der Waals surface area (Å²) in [5.41, 5.74) is 3.38. The van der Waals surface area contributed by atoms with Crippen LogP contribution in [0.25, 0.3) is 11.1 Å². The van der Waals surface area contributed by atoms with Gasteiger partial charge in [-0.3, -0.25) is 9.59 Å². The average Bonchev–Trinajstić information content (AvgIpc) is 2.62. The number of aromatic amines is 1. The van der Waals surface area contributed by atoms with Crippen molar-refractivity contribution in [2.45, 2.75) is 20.3 Å². The maximum atomic E-state index is 12.5. The molecule has 0 fully saturated rings. The lowest BCUT2D eigenvalue weighted by molar-refractivity contribution is -0.114.